The number of hydrogen-bond donors (Lipinski definition) is 1. The first kappa shape index (κ1) is 17.6. The van der Waals surface area contributed by atoms with Gasteiger partial charge in [-0.1, -0.05) is 24.8 Å². The van der Waals surface area contributed by atoms with Crippen molar-refractivity contribution in [3.05, 3.63) is 36.1 Å². The van der Waals surface area contributed by atoms with Crippen molar-refractivity contribution in [3.8, 4) is 0 Å². The second-order valence-electron chi connectivity index (χ2n) is 5.83. The highest BCUT2D eigenvalue weighted by Crippen LogP contribution is 2.26. The molecule has 0 aromatic carbocycles. The molecule has 118 valence electrons. The lowest BCUT2D eigenvalue weighted by molar-refractivity contribution is -0.116. The van der Waals surface area contributed by atoms with Gasteiger partial charge in [0.15, 0.2) is 0 Å². The monoisotopic (exact) mass is 297 g/mol. The van der Waals surface area contributed by atoms with Crippen molar-refractivity contribution in [2.75, 3.05) is 6.54 Å². The molecule has 1 rings (SSSR count). The van der Waals surface area contributed by atoms with E-state index in [-0.39, 0.29) is 12.2 Å². The number of carbonyl (C=O) groups excluding carboxylic acids is 1. The third kappa shape index (κ3) is 7.78. The van der Waals surface area contributed by atoms with Crippen molar-refractivity contribution in [3.63, 3.8) is 0 Å². The maximum absolute atomic E-state index is 12.7. The minimum Gasteiger partial charge on any atom is -0.385 e. The molecule has 0 aromatic rings. The molecule has 0 fully saturated rings. The van der Waals surface area contributed by atoms with E-state index in [1.165, 1.54) is 0 Å². The second kappa shape index (κ2) is 8.11. The number of rotatable bonds is 9. The Balaban J connectivity index is 2.29. The first-order valence-corrected chi connectivity index (χ1v) is 7.47. The van der Waals surface area contributed by atoms with Crippen LogP contribution in [0.15, 0.2) is 36.1 Å². The largest absolute Gasteiger partial charge is 0.385 e. The molecule has 0 radical (unpaired) electrons. The molecule has 0 amide bonds. The SMILES string of the molecule is C=C(NCCC(C)=O)C1=CCC(CCCC(C)(F)F)C=C1. The summed E-state index contributed by atoms with van der Waals surface area (Å²) in [5.74, 6) is -2.08. The third-order valence-electron chi connectivity index (χ3n) is 3.54. The lowest BCUT2D eigenvalue weighted by atomic mass is 9.91. The molecule has 1 N–H and O–H groups in total. The Hall–Kier alpha value is -1.45. The average Bonchev–Trinajstić information content (AvgIpc) is 2.37. The van der Waals surface area contributed by atoms with Crippen LogP contribution in [0.2, 0.25) is 0 Å². The Morgan fingerprint density at radius 2 is 2.24 bits per heavy atom. The number of alkyl halides is 2. The Morgan fingerprint density at radius 3 is 2.76 bits per heavy atom. The summed E-state index contributed by atoms with van der Waals surface area (Å²) in [6.07, 6.45) is 8.76. The topological polar surface area (TPSA) is 29.1 Å². The van der Waals surface area contributed by atoms with Gasteiger partial charge in [-0.05, 0) is 44.6 Å². The number of halogens is 2. The Bertz CT molecular complexity index is 433. The summed E-state index contributed by atoms with van der Waals surface area (Å²) in [6.45, 7) is 7.08. The van der Waals surface area contributed by atoms with Crippen LogP contribution >= 0.6 is 0 Å². The van der Waals surface area contributed by atoms with Crippen LogP contribution in [0.5, 0.6) is 0 Å². The van der Waals surface area contributed by atoms with Crippen molar-refractivity contribution in [2.45, 2.75) is 51.9 Å². The van der Waals surface area contributed by atoms with Gasteiger partial charge in [-0.3, -0.25) is 4.79 Å². The van der Waals surface area contributed by atoms with Crippen LogP contribution < -0.4 is 5.32 Å². The molecule has 1 aliphatic carbocycles. The third-order valence-corrected chi connectivity index (χ3v) is 3.54. The van der Waals surface area contributed by atoms with E-state index in [1.807, 2.05) is 6.08 Å². The van der Waals surface area contributed by atoms with Gasteiger partial charge in [0.2, 0.25) is 5.92 Å². The summed E-state index contributed by atoms with van der Waals surface area (Å²) in [4.78, 5) is 10.9. The summed E-state index contributed by atoms with van der Waals surface area (Å²) in [5, 5.41) is 3.13. The predicted octanol–water partition coefficient (Wildman–Crippen LogP) is 4.40. The minimum atomic E-state index is -2.56. The van der Waals surface area contributed by atoms with Gasteiger partial charge >= 0.3 is 0 Å². The maximum Gasteiger partial charge on any atom is 0.245 e. The van der Waals surface area contributed by atoms with Gasteiger partial charge in [0.05, 0.1) is 0 Å². The number of allylic oxidation sites excluding steroid dienone is 3. The first-order chi connectivity index (χ1) is 9.78. The Labute approximate surface area is 126 Å². The van der Waals surface area contributed by atoms with Gasteiger partial charge in [0, 0.05) is 25.1 Å². The van der Waals surface area contributed by atoms with Gasteiger partial charge in [-0.25, -0.2) is 8.78 Å². The van der Waals surface area contributed by atoms with E-state index in [9.17, 15) is 13.6 Å². The lowest BCUT2D eigenvalue weighted by Crippen LogP contribution is -2.18. The fraction of sp³-hybridized carbons (Fsp3) is 0.588. The zero-order valence-electron chi connectivity index (χ0n) is 12.9. The highest BCUT2D eigenvalue weighted by Gasteiger charge is 2.21. The molecule has 1 atom stereocenters. The van der Waals surface area contributed by atoms with Crippen molar-refractivity contribution in [2.24, 2.45) is 5.92 Å². The zero-order chi connectivity index (χ0) is 15.9. The summed E-state index contributed by atoms with van der Waals surface area (Å²) in [7, 11) is 0. The number of ketones is 1. The quantitative estimate of drug-likeness (QED) is 0.683. The molecular weight excluding hydrogens is 272 g/mol. The maximum atomic E-state index is 12.7. The van der Waals surface area contributed by atoms with Crippen LogP contribution in [0, 0.1) is 5.92 Å². The van der Waals surface area contributed by atoms with Crippen LogP contribution in [-0.2, 0) is 4.79 Å². The molecule has 0 spiro atoms. The summed E-state index contributed by atoms with van der Waals surface area (Å²) < 4.78 is 25.5. The highest BCUT2D eigenvalue weighted by molar-refractivity contribution is 5.75. The number of hydrogen-bond acceptors (Lipinski definition) is 2. The van der Waals surface area contributed by atoms with Crippen molar-refractivity contribution >= 4 is 5.78 Å². The second-order valence-corrected chi connectivity index (χ2v) is 5.83. The predicted molar refractivity (Wildman–Crippen MR) is 82.2 cm³/mol. The smallest absolute Gasteiger partial charge is 0.245 e. The molecule has 0 bridgehead atoms. The summed E-state index contributed by atoms with van der Waals surface area (Å²) in [5.41, 5.74) is 1.83. The zero-order valence-corrected chi connectivity index (χ0v) is 12.9. The van der Waals surface area contributed by atoms with Crippen LogP contribution in [0.3, 0.4) is 0 Å². The number of carbonyl (C=O) groups is 1. The minimum absolute atomic E-state index is 0.0484. The fourth-order valence-electron chi connectivity index (χ4n) is 2.27. The van der Waals surface area contributed by atoms with E-state index in [1.54, 1.807) is 6.92 Å². The van der Waals surface area contributed by atoms with Crippen LogP contribution in [0.4, 0.5) is 8.78 Å². The van der Waals surface area contributed by atoms with Crippen molar-refractivity contribution in [1.82, 2.24) is 5.32 Å². The van der Waals surface area contributed by atoms with E-state index >= 15 is 0 Å². The van der Waals surface area contributed by atoms with Crippen LogP contribution in [0.25, 0.3) is 0 Å². The van der Waals surface area contributed by atoms with E-state index < -0.39 is 5.92 Å². The van der Waals surface area contributed by atoms with Gasteiger partial charge < -0.3 is 5.32 Å². The average molecular weight is 297 g/mol. The Kier molecular flexibility index (Phi) is 6.79. The molecule has 0 aliphatic heterocycles. The molecule has 2 nitrogen and oxygen atoms in total. The molecule has 0 saturated heterocycles. The molecule has 21 heavy (non-hydrogen) atoms. The van der Waals surface area contributed by atoms with Crippen molar-refractivity contribution in [1.29, 1.82) is 0 Å². The standard InChI is InChI=1S/C17H25F2NO/c1-13(21)10-12-20-14(2)16-8-6-15(7-9-16)5-4-11-17(3,18)19/h6,8-9,15,20H,2,4-5,7,10-12H2,1,3H3. The van der Waals surface area contributed by atoms with Gasteiger partial charge in [0.25, 0.3) is 0 Å². The number of nitrogens with one attached hydrogen (secondary N) is 1. The molecule has 1 unspecified atom stereocenters. The van der Waals surface area contributed by atoms with Gasteiger partial charge in [-0.2, -0.15) is 0 Å². The van der Waals surface area contributed by atoms with E-state index in [0.29, 0.717) is 25.3 Å². The normalized spacial score (nSPS) is 18.3. The van der Waals surface area contributed by atoms with Crippen LogP contribution in [-0.4, -0.2) is 18.3 Å². The molecular formula is C17H25F2NO. The molecule has 0 aromatic heterocycles. The Morgan fingerprint density at radius 1 is 1.52 bits per heavy atom. The first-order valence-electron chi connectivity index (χ1n) is 7.47. The summed E-state index contributed by atoms with van der Waals surface area (Å²) in [6, 6.07) is 0. The van der Waals surface area contributed by atoms with Gasteiger partial charge in [-0.15, -0.1) is 0 Å². The molecule has 4 heteroatoms. The van der Waals surface area contributed by atoms with E-state index in [4.69, 9.17) is 0 Å². The van der Waals surface area contributed by atoms with Crippen molar-refractivity contribution < 1.29 is 13.6 Å². The van der Waals surface area contributed by atoms with Gasteiger partial charge in [0.1, 0.15) is 5.78 Å². The van der Waals surface area contributed by atoms with E-state index in [0.717, 1.165) is 31.0 Å². The molecule has 1 aliphatic rings. The highest BCUT2D eigenvalue weighted by atomic mass is 19.3. The lowest BCUT2D eigenvalue weighted by Gasteiger charge is -2.19. The molecule has 0 saturated carbocycles. The summed E-state index contributed by atoms with van der Waals surface area (Å²) >= 11 is 0. The van der Waals surface area contributed by atoms with Crippen LogP contribution in [0.1, 0.15) is 46.0 Å². The van der Waals surface area contributed by atoms with E-state index in [2.05, 4.69) is 24.0 Å². The number of Topliss-reactive ketones (excluding diaryl/α,β-unsaturated/α-hetero) is 1. The fourth-order valence-corrected chi connectivity index (χ4v) is 2.27. The molecule has 0 heterocycles.